The van der Waals surface area contributed by atoms with Gasteiger partial charge < -0.3 is 14.8 Å². The van der Waals surface area contributed by atoms with Crippen molar-refractivity contribution >= 4 is 34.9 Å². The topological polar surface area (TPSA) is 96.9 Å². The van der Waals surface area contributed by atoms with Gasteiger partial charge in [-0.25, -0.2) is 4.98 Å². The summed E-state index contributed by atoms with van der Waals surface area (Å²) in [7, 11) is 3.31. The molecule has 258 valence electrons. The van der Waals surface area contributed by atoms with Crippen LogP contribution in [0.25, 0.3) is 33.5 Å². The maximum Gasteiger partial charge on any atom is 0.237 e. The van der Waals surface area contributed by atoms with Gasteiger partial charge in [0.1, 0.15) is 17.2 Å². The van der Waals surface area contributed by atoms with Gasteiger partial charge >= 0.3 is 0 Å². The molecule has 3 fully saturated rings. The molecular weight excluding hydrogens is 673 g/mol. The summed E-state index contributed by atoms with van der Waals surface area (Å²) in [5.74, 6) is 1.82. The van der Waals surface area contributed by atoms with Crippen LogP contribution >= 0.6 is 23.2 Å². The van der Waals surface area contributed by atoms with Crippen LogP contribution in [-0.2, 0) is 22.6 Å². The molecule has 50 heavy (non-hydrogen) atoms. The second kappa shape index (κ2) is 12.9. The number of nitrogens with zero attached hydrogens (tertiary/aromatic N) is 4. The lowest BCUT2D eigenvalue weighted by atomic mass is 9.88. The van der Waals surface area contributed by atoms with Crippen LogP contribution < -0.4 is 14.8 Å². The minimum atomic E-state index is -0.101. The molecule has 1 atom stereocenters. The fourth-order valence-electron chi connectivity index (χ4n) is 8.26. The normalized spacial score (nSPS) is 19.9. The molecule has 3 aliphatic heterocycles. The highest BCUT2D eigenvalue weighted by Gasteiger charge is 2.47. The number of likely N-dealkylation sites (tertiary alicyclic amines) is 2. The average molecular weight is 713 g/mol. The van der Waals surface area contributed by atoms with Gasteiger partial charge in [-0.05, 0) is 43.4 Å². The number of benzene rings is 3. The molecule has 4 aliphatic rings. The molecule has 0 unspecified atom stereocenters. The van der Waals surface area contributed by atoms with Crippen LogP contribution in [0.2, 0.25) is 10.0 Å². The van der Waals surface area contributed by atoms with Gasteiger partial charge in [-0.1, -0.05) is 65.7 Å². The van der Waals surface area contributed by atoms with Crippen molar-refractivity contribution in [1.82, 2.24) is 25.1 Å². The van der Waals surface area contributed by atoms with Crippen molar-refractivity contribution < 1.29 is 19.1 Å². The van der Waals surface area contributed by atoms with Gasteiger partial charge in [0.2, 0.25) is 11.8 Å². The third kappa shape index (κ3) is 5.74. The van der Waals surface area contributed by atoms with Gasteiger partial charge in [0.05, 0.1) is 41.7 Å². The van der Waals surface area contributed by atoms with Crippen molar-refractivity contribution in [2.45, 2.75) is 50.7 Å². The van der Waals surface area contributed by atoms with Crippen LogP contribution in [0.15, 0.2) is 54.7 Å². The predicted molar refractivity (Wildman–Crippen MR) is 194 cm³/mol. The highest BCUT2D eigenvalue weighted by Crippen LogP contribution is 2.48. The summed E-state index contributed by atoms with van der Waals surface area (Å²) < 4.78 is 11.6. The van der Waals surface area contributed by atoms with Crippen LogP contribution in [0.1, 0.15) is 49.0 Å². The van der Waals surface area contributed by atoms with E-state index < -0.39 is 0 Å². The minimum absolute atomic E-state index is 0.101. The second-order valence-electron chi connectivity index (χ2n) is 14.1. The number of methoxy groups -OCH3 is 2. The summed E-state index contributed by atoms with van der Waals surface area (Å²) in [6, 6.07) is 16.4. The number of Topliss-reactive ketones (excluding diaryl/α,β-unsaturated/α-hetero) is 1. The fraction of sp³-hybridized carbons (Fsp3) is 0.385. The Kier molecular flexibility index (Phi) is 8.58. The number of aryl methyl sites for hydroxylation is 1. The average Bonchev–Trinajstić information content (AvgIpc) is 3.68. The van der Waals surface area contributed by atoms with E-state index in [0.29, 0.717) is 34.6 Å². The molecular formula is C39H39Cl2N5O4. The van der Waals surface area contributed by atoms with Gasteiger partial charge in [-0.3, -0.25) is 24.4 Å². The Morgan fingerprint density at radius 2 is 1.68 bits per heavy atom. The van der Waals surface area contributed by atoms with Crippen molar-refractivity contribution in [1.29, 1.82) is 0 Å². The van der Waals surface area contributed by atoms with Crippen LogP contribution in [-0.4, -0.2) is 77.4 Å². The lowest BCUT2D eigenvalue weighted by Gasteiger charge is -2.47. The van der Waals surface area contributed by atoms with Crippen molar-refractivity contribution in [2.24, 2.45) is 5.92 Å². The number of hydrogen-bond acceptors (Lipinski definition) is 8. The number of nitrogens with one attached hydrogen (secondary N) is 1. The molecule has 1 aliphatic carbocycles. The number of amides is 1. The number of fused-ring (bicyclic) bond motifs is 1. The van der Waals surface area contributed by atoms with Crippen molar-refractivity contribution in [2.75, 3.05) is 40.4 Å². The van der Waals surface area contributed by atoms with Gasteiger partial charge in [0.25, 0.3) is 0 Å². The van der Waals surface area contributed by atoms with Gasteiger partial charge in [0, 0.05) is 78.9 Å². The lowest BCUT2D eigenvalue weighted by molar-refractivity contribution is -0.127. The summed E-state index contributed by atoms with van der Waals surface area (Å²) in [5, 5.41) is 4.24. The third-order valence-corrected chi connectivity index (χ3v) is 11.7. The Morgan fingerprint density at radius 3 is 2.34 bits per heavy atom. The molecule has 1 aromatic heterocycles. The molecule has 9 nitrogen and oxygen atoms in total. The number of ketones is 1. The molecule has 8 rings (SSSR count). The molecule has 0 saturated carbocycles. The lowest BCUT2D eigenvalue weighted by Crippen LogP contribution is -2.66. The van der Waals surface area contributed by atoms with E-state index in [-0.39, 0.29) is 29.2 Å². The summed E-state index contributed by atoms with van der Waals surface area (Å²) in [6.45, 7) is 5.46. The standard InChI is InChI=1S/C39H39Cl2N5O4/c1-22(47)25-17-46(18-25)32-11-10-23-14-24(15-33(49-2)35(23)32)26-6-4-7-27(36(26)40)28-8-5-9-29(37(28)41)30-16-42-31(38(43-30)50-3)19-45-20-39(21-45)13-12-34(48)44-39/h4-9,14-16,25,32H,10-13,17-21H2,1-3H3,(H,44,48)/t32-/m1/s1. The smallest absolute Gasteiger partial charge is 0.237 e. The molecule has 3 saturated heterocycles. The van der Waals surface area contributed by atoms with Gasteiger partial charge in [0.15, 0.2) is 0 Å². The first-order valence-electron chi connectivity index (χ1n) is 17.1. The number of halogens is 2. The number of carbonyl (C=O) groups excluding carboxylic acids is 2. The molecule has 0 bridgehead atoms. The van der Waals surface area contributed by atoms with Crippen molar-refractivity contribution in [3.8, 4) is 45.1 Å². The summed E-state index contributed by atoms with van der Waals surface area (Å²) in [4.78, 5) is 37.8. The second-order valence-corrected chi connectivity index (χ2v) is 14.8. The molecule has 4 heterocycles. The van der Waals surface area contributed by atoms with E-state index in [2.05, 4.69) is 27.2 Å². The maximum atomic E-state index is 11.9. The first kappa shape index (κ1) is 33.1. The van der Waals surface area contributed by atoms with E-state index >= 15 is 0 Å². The van der Waals surface area contributed by atoms with Crippen molar-refractivity contribution in [3.63, 3.8) is 0 Å². The van der Waals surface area contributed by atoms with E-state index in [0.717, 1.165) is 84.7 Å². The van der Waals surface area contributed by atoms with Gasteiger partial charge in [-0.15, -0.1) is 0 Å². The number of aromatic nitrogens is 2. The van der Waals surface area contributed by atoms with Crippen molar-refractivity contribution in [3.05, 3.63) is 81.6 Å². The predicted octanol–water partition coefficient (Wildman–Crippen LogP) is 6.77. The molecule has 11 heteroatoms. The van der Waals surface area contributed by atoms with E-state index in [4.69, 9.17) is 42.6 Å². The minimum Gasteiger partial charge on any atom is -0.496 e. The number of carbonyl (C=O) groups is 2. The Bertz CT molecular complexity index is 2020. The molecule has 0 radical (unpaired) electrons. The van der Waals surface area contributed by atoms with E-state index in [9.17, 15) is 9.59 Å². The largest absolute Gasteiger partial charge is 0.496 e. The molecule has 1 amide bonds. The van der Waals surface area contributed by atoms with E-state index in [1.807, 2.05) is 36.4 Å². The van der Waals surface area contributed by atoms with E-state index in [1.165, 1.54) is 11.1 Å². The SMILES string of the molecule is COc1cc(-c2cccc(-c3cccc(-c4cnc(CN5CC6(CCC(=O)N6)C5)c(OC)n4)c3Cl)c2Cl)cc2c1[C@H](N1CC(C(C)=O)C1)CC2. The van der Waals surface area contributed by atoms with Crippen LogP contribution in [0, 0.1) is 5.92 Å². The zero-order chi connectivity index (χ0) is 34.7. The monoisotopic (exact) mass is 711 g/mol. The molecule has 3 aromatic carbocycles. The Labute approximate surface area is 301 Å². The Hall–Kier alpha value is -4.02. The Morgan fingerprint density at radius 1 is 0.980 bits per heavy atom. The van der Waals surface area contributed by atoms with Crippen LogP contribution in [0.5, 0.6) is 11.6 Å². The zero-order valence-electron chi connectivity index (χ0n) is 28.4. The van der Waals surface area contributed by atoms with Crippen LogP contribution in [0.4, 0.5) is 0 Å². The third-order valence-electron chi connectivity index (χ3n) is 10.9. The summed E-state index contributed by atoms with van der Waals surface area (Å²) >= 11 is 14.4. The van der Waals surface area contributed by atoms with Crippen LogP contribution in [0.3, 0.4) is 0 Å². The first-order valence-corrected chi connectivity index (χ1v) is 17.9. The molecule has 1 N–H and O–H groups in total. The fourth-order valence-corrected chi connectivity index (χ4v) is 8.92. The highest BCUT2D eigenvalue weighted by atomic mass is 35.5. The van der Waals surface area contributed by atoms with E-state index in [1.54, 1.807) is 27.3 Å². The number of rotatable bonds is 9. The molecule has 4 aromatic rings. The first-order chi connectivity index (χ1) is 24.2. The molecule has 1 spiro atoms. The Balaban J connectivity index is 1.06. The summed E-state index contributed by atoms with van der Waals surface area (Å²) in [5.41, 5.74) is 7.92. The summed E-state index contributed by atoms with van der Waals surface area (Å²) in [6.07, 6.45) is 5.14. The number of hydrogen-bond donors (Lipinski definition) is 1. The zero-order valence-corrected chi connectivity index (χ0v) is 29.9. The maximum absolute atomic E-state index is 11.9. The van der Waals surface area contributed by atoms with Gasteiger partial charge in [-0.2, -0.15) is 0 Å². The highest BCUT2D eigenvalue weighted by molar-refractivity contribution is 6.39. The number of ether oxygens (including phenoxy) is 2. The quantitative estimate of drug-likeness (QED) is 0.203.